The number of ether oxygens (including phenoxy) is 4. The number of amides is 1. The van der Waals surface area contributed by atoms with Crippen molar-refractivity contribution in [2.75, 3.05) is 38.8 Å². The molecule has 1 aromatic heterocycles. The van der Waals surface area contributed by atoms with Gasteiger partial charge >= 0.3 is 0 Å². The number of Topliss-reactive ketones (excluding diaryl/α,β-unsaturated/α-hetero) is 1. The van der Waals surface area contributed by atoms with E-state index in [0.29, 0.717) is 77.8 Å². The fourth-order valence-corrected chi connectivity index (χ4v) is 6.55. The maximum Gasteiger partial charge on any atom is 0.262 e. The van der Waals surface area contributed by atoms with Crippen LogP contribution in [0.2, 0.25) is 0 Å². The van der Waals surface area contributed by atoms with E-state index in [0.717, 1.165) is 5.56 Å². The molecule has 11 heteroatoms. The third kappa shape index (κ3) is 5.51. The molecule has 2 saturated heterocycles. The topological polar surface area (TPSA) is 109 Å². The maximum absolute atomic E-state index is 13.9. The summed E-state index contributed by atoms with van der Waals surface area (Å²) in [6, 6.07) is 19.6. The van der Waals surface area contributed by atoms with E-state index >= 15 is 0 Å². The molecule has 0 aliphatic carbocycles. The average Bonchev–Trinajstić information content (AvgIpc) is 3.71. The molecule has 10 nitrogen and oxygen atoms in total. The highest BCUT2D eigenvalue weighted by molar-refractivity contribution is 7.99. The van der Waals surface area contributed by atoms with E-state index in [1.807, 2.05) is 36.4 Å². The van der Waals surface area contributed by atoms with Gasteiger partial charge in [0.25, 0.3) is 11.5 Å². The lowest BCUT2D eigenvalue weighted by atomic mass is 10.0. The standard InChI is InChI=1S/C32H29N3O7S/c36-26(22-4-2-1-3-5-22)19-43-31-33-25-17-23(29(37)34-12-10-32(11-13-34)41-14-15-42-32)7-8-24(25)30(38)35(31)18-21-6-9-27-28(16-21)40-20-39-27/h1-9,16-17H,10-15,18-20H2. The van der Waals surface area contributed by atoms with Gasteiger partial charge in [-0.3, -0.25) is 19.0 Å². The number of fused-ring (bicyclic) bond motifs is 2. The number of nitrogens with zero attached hydrogens (tertiary/aromatic N) is 3. The van der Waals surface area contributed by atoms with Crippen LogP contribution < -0.4 is 15.0 Å². The largest absolute Gasteiger partial charge is 0.454 e. The predicted molar refractivity (Wildman–Crippen MR) is 159 cm³/mol. The van der Waals surface area contributed by atoms with E-state index in [9.17, 15) is 14.4 Å². The van der Waals surface area contributed by atoms with Gasteiger partial charge in [0.05, 0.1) is 36.4 Å². The van der Waals surface area contributed by atoms with Crippen molar-refractivity contribution in [3.05, 3.63) is 93.8 Å². The van der Waals surface area contributed by atoms with Crippen LogP contribution in [0.25, 0.3) is 10.9 Å². The van der Waals surface area contributed by atoms with Crippen LogP contribution in [0.15, 0.2) is 76.7 Å². The van der Waals surface area contributed by atoms with Crippen molar-refractivity contribution < 1.29 is 28.5 Å². The maximum atomic E-state index is 13.9. The Balaban J connectivity index is 1.19. The first kappa shape index (κ1) is 27.6. The fraction of sp³-hybridized carbons (Fsp3) is 0.312. The Hall–Kier alpha value is -4.19. The highest BCUT2D eigenvalue weighted by Gasteiger charge is 2.41. The minimum absolute atomic E-state index is 0.0726. The van der Waals surface area contributed by atoms with Gasteiger partial charge in [0.2, 0.25) is 6.79 Å². The number of aromatic nitrogens is 2. The summed E-state index contributed by atoms with van der Waals surface area (Å²) in [5, 5.41) is 0.779. The van der Waals surface area contributed by atoms with Crippen molar-refractivity contribution in [2.45, 2.75) is 30.3 Å². The third-order valence-corrected chi connectivity index (χ3v) is 8.98. The van der Waals surface area contributed by atoms with Gasteiger partial charge in [0.1, 0.15) is 0 Å². The van der Waals surface area contributed by atoms with E-state index in [2.05, 4.69) is 0 Å². The van der Waals surface area contributed by atoms with Crippen LogP contribution in [0, 0.1) is 0 Å². The Morgan fingerprint density at radius 3 is 2.44 bits per heavy atom. The van der Waals surface area contributed by atoms with Gasteiger partial charge in [0, 0.05) is 37.1 Å². The Bertz CT molecular complexity index is 1760. The minimum atomic E-state index is -0.575. The number of ketones is 1. The highest BCUT2D eigenvalue weighted by Crippen LogP contribution is 2.34. The molecule has 220 valence electrons. The quantitative estimate of drug-likeness (QED) is 0.176. The number of carbonyl (C=O) groups excluding carboxylic acids is 2. The molecule has 43 heavy (non-hydrogen) atoms. The van der Waals surface area contributed by atoms with E-state index < -0.39 is 5.79 Å². The van der Waals surface area contributed by atoms with Crippen molar-refractivity contribution in [1.29, 1.82) is 0 Å². The Morgan fingerprint density at radius 1 is 0.884 bits per heavy atom. The first-order valence-corrected chi connectivity index (χ1v) is 15.2. The molecular weight excluding hydrogens is 570 g/mol. The van der Waals surface area contributed by atoms with Crippen LogP contribution in [-0.2, 0) is 16.0 Å². The first-order valence-electron chi connectivity index (χ1n) is 14.2. The number of piperidine rings is 1. The van der Waals surface area contributed by atoms with Gasteiger partial charge in [-0.2, -0.15) is 0 Å². The zero-order valence-corrected chi connectivity index (χ0v) is 24.1. The van der Waals surface area contributed by atoms with Crippen molar-refractivity contribution in [1.82, 2.24) is 14.5 Å². The summed E-state index contributed by atoms with van der Waals surface area (Å²) >= 11 is 1.20. The lowest BCUT2D eigenvalue weighted by molar-refractivity contribution is -0.181. The molecule has 4 heterocycles. The molecular formula is C32H29N3O7S. The summed E-state index contributed by atoms with van der Waals surface area (Å²) in [6.45, 7) is 2.57. The molecule has 7 rings (SSSR count). The Kier molecular flexibility index (Phi) is 7.38. The van der Waals surface area contributed by atoms with Crippen LogP contribution in [-0.4, -0.2) is 70.8 Å². The lowest BCUT2D eigenvalue weighted by Crippen LogP contribution is -2.47. The number of thioether (sulfide) groups is 1. The molecule has 1 amide bonds. The average molecular weight is 600 g/mol. The van der Waals surface area contributed by atoms with Crippen molar-refractivity contribution in [2.24, 2.45) is 0 Å². The highest BCUT2D eigenvalue weighted by atomic mass is 32.2. The fourth-order valence-electron chi connectivity index (χ4n) is 5.66. The molecule has 3 aliphatic rings. The molecule has 0 radical (unpaired) electrons. The molecule has 0 unspecified atom stereocenters. The molecule has 0 bridgehead atoms. The van der Waals surface area contributed by atoms with Crippen LogP contribution in [0.5, 0.6) is 11.5 Å². The summed E-state index contributed by atoms with van der Waals surface area (Å²) in [6.07, 6.45) is 1.23. The molecule has 3 aliphatic heterocycles. The van der Waals surface area contributed by atoms with Gasteiger partial charge in [0.15, 0.2) is 28.2 Å². The molecule has 0 atom stereocenters. The number of benzene rings is 3. The number of hydrogen-bond donors (Lipinski definition) is 0. The predicted octanol–water partition coefficient (Wildman–Crippen LogP) is 4.13. The SMILES string of the molecule is O=C(CSc1nc2cc(C(=O)N3CCC4(CC3)OCCO4)ccc2c(=O)n1Cc1ccc2c(c1)OCO2)c1ccccc1. The molecule has 1 spiro atoms. The normalized spacial score (nSPS) is 17.1. The van der Waals surface area contributed by atoms with Gasteiger partial charge in [-0.05, 0) is 35.9 Å². The molecule has 2 fully saturated rings. The van der Waals surface area contributed by atoms with Gasteiger partial charge in [-0.1, -0.05) is 48.2 Å². The Labute approximate surface area is 251 Å². The number of rotatable bonds is 7. The zero-order valence-electron chi connectivity index (χ0n) is 23.3. The van der Waals surface area contributed by atoms with E-state index in [1.54, 1.807) is 39.8 Å². The van der Waals surface area contributed by atoms with Crippen LogP contribution in [0.3, 0.4) is 0 Å². The van der Waals surface area contributed by atoms with Gasteiger partial charge in [-0.25, -0.2) is 4.98 Å². The van der Waals surface area contributed by atoms with Crippen molar-refractivity contribution in [3.63, 3.8) is 0 Å². The number of hydrogen-bond acceptors (Lipinski definition) is 9. The van der Waals surface area contributed by atoms with Crippen LogP contribution in [0.1, 0.15) is 39.1 Å². The zero-order chi connectivity index (χ0) is 29.4. The third-order valence-electron chi connectivity index (χ3n) is 8.00. The lowest BCUT2D eigenvalue weighted by Gasteiger charge is -2.37. The summed E-state index contributed by atoms with van der Waals surface area (Å²) < 4.78 is 24.1. The van der Waals surface area contributed by atoms with E-state index in [1.165, 1.54) is 11.8 Å². The van der Waals surface area contributed by atoms with Crippen LogP contribution >= 0.6 is 11.8 Å². The number of likely N-dealkylation sites (tertiary alicyclic amines) is 1. The molecule has 3 aromatic carbocycles. The van der Waals surface area contributed by atoms with E-state index in [-0.39, 0.29) is 36.3 Å². The van der Waals surface area contributed by atoms with E-state index in [4.69, 9.17) is 23.9 Å². The summed E-state index contributed by atoms with van der Waals surface area (Å²) in [5.41, 5.74) is 2.02. The smallest absolute Gasteiger partial charge is 0.262 e. The van der Waals surface area contributed by atoms with Crippen molar-refractivity contribution >= 4 is 34.4 Å². The second kappa shape index (κ2) is 11.5. The first-order chi connectivity index (χ1) is 21.0. The molecule has 0 saturated carbocycles. The van der Waals surface area contributed by atoms with Crippen molar-refractivity contribution in [3.8, 4) is 11.5 Å². The minimum Gasteiger partial charge on any atom is -0.454 e. The second-order valence-corrected chi connectivity index (χ2v) is 11.6. The number of carbonyl (C=O) groups is 2. The van der Waals surface area contributed by atoms with Gasteiger partial charge < -0.3 is 23.8 Å². The summed E-state index contributed by atoms with van der Waals surface area (Å²) in [7, 11) is 0. The van der Waals surface area contributed by atoms with Crippen LogP contribution in [0.4, 0.5) is 0 Å². The summed E-state index contributed by atoms with van der Waals surface area (Å²) in [4.78, 5) is 46.9. The molecule has 4 aromatic rings. The Morgan fingerprint density at radius 2 is 1.65 bits per heavy atom. The summed E-state index contributed by atoms with van der Waals surface area (Å²) in [5.74, 6) is 0.590. The van der Waals surface area contributed by atoms with Gasteiger partial charge in [-0.15, -0.1) is 0 Å². The molecule has 0 N–H and O–H groups in total. The monoisotopic (exact) mass is 599 g/mol. The second-order valence-electron chi connectivity index (χ2n) is 10.7.